The Balaban J connectivity index is 2.09. The Morgan fingerprint density at radius 1 is 1.36 bits per heavy atom. The van der Waals surface area contributed by atoms with Gasteiger partial charge in [-0.15, -0.1) is 11.3 Å². The van der Waals surface area contributed by atoms with Crippen LogP contribution in [0.3, 0.4) is 0 Å². The van der Waals surface area contributed by atoms with Gasteiger partial charge < -0.3 is 10.4 Å². The van der Waals surface area contributed by atoms with Gasteiger partial charge in [0.15, 0.2) is 4.96 Å². The Morgan fingerprint density at radius 3 is 2.77 bits per heavy atom. The lowest BCUT2D eigenvalue weighted by atomic mass is 10.2. The van der Waals surface area contributed by atoms with Gasteiger partial charge in [0.2, 0.25) is 0 Å². The van der Waals surface area contributed by atoms with Gasteiger partial charge in [-0.3, -0.25) is 18.8 Å². The second kappa shape index (κ2) is 6.69. The van der Waals surface area contributed by atoms with Crippen LogP contribution in [0.5, 0.6) is 0 Å². The third kappa shape index (κ3) is 3.33. The standard InChI is InChI=1S/C14H17N3O4S/c1-8-9(2)22-14-16-7-10(13(21)17(8)14)12(20)15-6-4-3-5-11(18)19/h7H,3-6H2,1-2H3,(H,15,20)(H,18,19). The predicted molar refractivity (Wildman–Crippen MR) is 82.6 cm³/mol. The van der Waals surface area contributed by atoms with Gasteiger partial charge in [0, 0.05) is 29.7 Å². The molecule has 0 aliphatic rings. The molecule has 118 valence electrons. The van der Waals surface area contributed by atoms with Crippen LogP contribution in [-0.2, 0) is 4.79 Å². The van der Waals surface area contributed by atoms with Crippen LogP contribution in [0.25, 0.3) is 4.96 Å². The number of nitrogens with one attached hydrogen (secondary N) is 1. The molecule has 0 unspecified atom stereocenters. The quantitative estimate of drug-likeness (QED) is 0.782. The van der Waals surface area contributed by atoms with E-state index in [1.807, 2.05) is 13.8 Å². The molecule has 0 aliphatic carbocycles. The summed E-state index contributed by atoms with van der Waals surface area (Å²) in [6, 6.07) is 0. The zero-order valence-corrected chi connectivity index (χ0v) is 13.2. The third-order valence-electron chi connectivity index (χ3n) is 3.37. The maximum Gasteiger partial charge on any atom is 0.303 e. The van der Waals surface area contributed by atoms with Crippen LogP contribution in [0.15, 0.2) is 11.0 Å². The Morgan fingerprint density at radius 2 is 2.09 bits per heavy atom. The summed E-state index contributed by atoms with van der Waals surface area (Å²) >= 11 is 1.41. The molecular weight excluding hydrogens is 306 g/mol. The first-order chi connectivity index (χ1) is 10.4. The number of carbonyl (C=O) groups is 2. The Labute approximate surface area is 130 Å². The number of hydrogen-bond donors (Lipinski definition) is 2. The van der Waals surface area contributed by atoms with Crippen LogP contribution in [0.2, 0.25) is 0 Å². The minimum absolute atomic E-state index is 0.00312. The van der Waals surface area contributed by atoms with Crippen LogP contribution in [-0.4, -0.2) is 32.9 Å². The van der Waals surface area contributed by atoms with Crippen molar-refractivity contribution in [1.82, 2.24) is 14.7 Å². The van der Waals surface area contributed by atoms with Gasteiger partial charge in [0.1, 0.15) is 5.56 Å². The van der Waals surface area contributed by atoms with Crippen LogP contribution < -0.4 is 10.9 Å². The molecule has 0 aromatic carbocycles. The number of rotatable bonds is 6. The van der Waals surface area contributed by atoms with E-state index in [1.54, 1.807) is 0 Å². The smallest absolute Gasteiger partial charge is 0.303 e. The summed E-state index contributed by atoms with van der Waals surface area (Å²) in [5.74, 6) is -1.34. The van der Waals surface area contributed by atoms with Crippen molar-refractivity contribution < 1.29 is 14.7 Å². The van der Waals surface area contributed by atoms with Gasteiger partial charge in [-0.05, 0) is 26.7 Å². The van der Waals surface area contributed by atoms with Crippen molar-refractivity contribution in [3.63, 3.8) is 0 Å². The summed E-state index contributed by atoms with van der Waals surface area (Å²) in [4.78, 5) is 40.5. The maximum absolute atomic E-state index is 12.4. The normalized spacial score (nSPS) is 10.8. The number of carbonyl (C=O) groups excluding carboxylic acids is 1. The summed E-state index contributed by atoms with van der Waals surface area (Å²) in [6.45, 7) is 4.04. The molecule has 22 heavy (non-hydrogen) atoms. The van der Waals surface area contributed by atoms with Gasteiger partial charge in [0.25, 0.3) is 11.5 Å². The van der Waals surface area contributed by atoms with Gasteiger partial charge >= 0.3 is 5.97 Å². The number of aromatic nitrogens is 2. The molecule has 7 nitrogen and oxygen atoms in total. The zero-order valence-electron chi connectivity index (χ0n) is 12.4. The fraction of sp³-hybridized carbons (Fsp3) is 0.429. The highest BCUT2D eigenvalue weighted by atomic mass is 32.1. The van der Waals surface area contributed by atoms with E-state index in [-0.39, 0.29) is 17.5 Å². The molecule has 2 N–H and O–H groups in total. The first-order valence-corrected chi connectivity index (χ1v) is 7.71. The fourth-order valence-corrected chi connectivity index (χ4v) is 2.96. The van der Waals surface area contributed by atoms with E-state index >= 15 is 0 Å². The molecule has 1 amide bonds. The molecule has 0 fully saturated rings. The van der Waals surface area contributed by atoms with E-state index in [0.29, 0.717) is 24.3 Å². The van der Waals surface area contributed by atoms with Gasteiger partial charge in [-0.1, -0.05) is 0 Å². The fourth-order valence-electron chi connectivity index (χ4n) is 2.03. The summed E-state index contributed by atoms with van der Waals surface area (Å²) in [7, 11) is 0. The molecule has 2 rings (SSSR count). The Kier molecular flexibility index (Phi) is 4.92. The van der Waals surface area contributed by atoms with Crippen molar-refractivity contribution in [2.45, 2.75) is 33.1 Å². The molecule has 2 aromatic heterocycles. The van der Waals surface area contributed by atoms with Crippen LogP contribution >= 0.6 is 11.3 Å². The van der Waals surface area contributed by atoms with Crippen molar-refractivity contribution in [3.8, 4) is 0 Å². The highest BCUT2D eigenvalue weighted by Crippen LogP contribution is 2.18. The number of carboxylic acid groups (broad SMARTS) is 1. The molecule has 8 heteroatoms. The maximum atomic E-state index is 12.4. The molecule has 0 radical (unpaired) electrons. The molecule has 0 aliphatic heterocycles. The van der Waals surface area contributed by atoms with E-state index in [1.165, 1.54) is 21.9 Å². The number of amides is 1. The molecular formula is C14H17N3O4S. The van der Waals surface area contributed by atoms with Crippen molar-refractivity contribution in [2.75, 3.05) is 6.54 Å². The highest BCUT2D eigenvalue weighted by Gasteiger charge is 2.16. The van der Waals surface area contributed by atoms with Gasteiger partial charge in [-0.2, -0.15) is 0 Å². The number of carboxylic acids is 1. The second-order valence-corrected chi connectivity index (χ2v) is 6.13. The summed E-state index contributed by atoms with van der Waals surface area (Å²) in [5, 5.41) is 11.1. The number of aryl methyl sites for hydroxylation is 2. The molecule has 0 spiro atoms. The largest absolute Gasteiger partial charge is 0.481 e. The van der Waals surface area contributed by atoms with Crippen LogP contribution in [0.4, 0.5) is 0 Å². The molecule has 2 aromatic rings. The number of thiazole rings is 1. The minimum atomic E-state index is -0.859. The van der Waals surface area contributed by atoms with E-state index < -0.39 is 11.9 Å². The van der Waals surface area contributed by atoms with Gasteiger partial charge in [0.05, 0.1) is 0 Å². The SMILES string of the molecule is Cc1sc2ncc(C(=O)NCCCCC(=O)O)c(=O)n2c1C. The van der Waals surface area contributed by atoms with E-state index in [2.05, 4.69) is 10.3 Å². The first kappa shape index (κ1) is 16.2. The predicted octanol–water partition coefficient (Wildman–Crippen LogP) is 1.36. The van der Waals surface area contributed by atoms with E-state index in [0.717, 1.165) is 10.6 Å². The lowest BCUT2D eigenvalue weighted by molar-refractivity contribution is -0.137. The molecule has 0 bridgehead atoms. The van der Waals surface area contributed by atoms with Crippen molar-refractivity contribution in [1.29, 1.82) is 0 Å². The first-order valence-electron chi connectivity index (χ1n) is 6.89. The highest BCUT2D eigenvalue weighted by molar-refractivity contribution is 7.17. The van der Waals surface area contributed by atoms with Crippen molar-refractivity contribution in [3.05, 3.63) is 32.7 Å². The topological polar surface area (TPSA) is 101 Å². The number of unbranched alkanes of at least 4 members (excludes halogenated alkanes) is 1. The average Bonchev–Trinajstić information content (AvgIpc) is 2.74. The van der Waals surface area contributed by atoms with Crippen molar-refractivity contribution in [2.24, 2.45) is 0 Å². The monoisotopic (exact) mass is 323 g/mol. The van der Waals surface area contributed by atoms with Gasteiger partial charge in [-0.25, -0.2) is 4.98 Å². The number of nitrogens with zero attached hydrogens (tertiary/aromatic N) is 2. The second-order valence-electron chi connectivity index (χ2n) is 4.95. The third-order valence-corrected chi connectivity index (χ3v) is 4.44. The minimum Gasteiger partial charge on any atom is -0.481 e. The Bertz CT molecular complexity index is 778. The Hall–Kier alpha value is -2.22. The van der Waals surface area contributed by atoms with E-state index in [9.17, 15) is 14.4 Å². The average molecular weight is 323 g/mol. The van der Waals surface area contributed by atoms with Crippen LogP contribution in [0.1, 0.15) is 40.2 Å². The molecule has 0 saturated heterocycles. The summed E-state index contributed by atoms with van der Waals surface area (Å²) < 4.78 is 1.44. The lowest BCUT2D eigenvalue weighted by Crippen LogP contribution is -2.32. The number of fused-ring (bicyclic) bond motifs is 1. The zero-order chi connectivity index (χ0) is 16.3. The number of hydrogen-bond acceptors (Lipinski definition) is 5. The molecule has 0 atom stereocenters. The molecule has 0 saturated carbocycles. The summed E-state index contributed by atoms with van der Waals surface area (Å²) in [5.41, 5.74) is 0.403. The lowest BCUT2D eigenvalue weighted by Gasteiger charge is -2.04. The molecule has 2 heterocycles. The van der Waals surface area contributed by atoms with E-state index in [4.69, 9.17) is 5.11 Å². The summed E-state index contributed by atoms with van der Waals surface area (Å²) in [6.07, 6.45) is 2.39. The van der Waals surface area contributed by atoms with Crippen molar-refractivity contribution >= 4 is 28.2 Å². The van der Waals surface area contributed by atoms with Crippen LogP contribution in [0, 0.1) is 13.8 Å². The number of aliphatic carboxylic acids is 1.